The molecule has 1 rings (SSSR count). The number of likely N-dealkylation sites (tertiary alicyclic amines) is 1. The van der Waals surface area contributed by atoms with E-state index >= 15 is 0 Å². The molecule has 0 radical (unpaired) electrons. The van der Waals surface area contributed by atoms with Crippen LogP contribution in [0.2, 0.25) is 0 Å². The minimum absolute atomic E-state index is 0.00361. The number of nitrogens with zero attached hydrogens (tertiary/aromatic N) is 1. The minimum atomic E-state index is -0.554. The van der Waals surface area contributed by atoms with Crippen molar-refractivity contribution in [3.8, 4) is 0 Å². The van der Waals surface area contributed by atoms with Crippen molar-refractivity contribution in [1.29, 1.82) is 0 Å². The van der Waals surface area contributed by atoms with Crippen LogP contribution in [0.5, 0.6) is 0 Å². The number of ether oxygens (including phenoxy) is 1. The summed E-state index contributed by atoms with van der Waals surface area (Å²) in [6.45, 7) is 7.56. The van der Waals surface area contributed by atoms with E-state index in [4.69, 9.17) is 4.74 Å². The van der Waals surface area contributed by atoms with Gasteiger partial charge in [0, 0.05) is 12.2 Å². The lowest BCUT2D eigenvalue weighted by Crippen LogP contribution is -2.43. The summed E-state index contributed by atoms with van der Waals surface area (Å²) in [5, 5.41) is 0. The maximum Gasteiger partial charge on any atom is 0.417 e. The standard InChI is InChI=1S/C13H23NO3S/c1-5-8-18-9-10-6-7-11(15)14(10)12(16)17-13(2,3)4/h10H,5-9H2,1-4H3. The summed E-state index contributed by atoms with van der Waals surface area (Å²) in [5.41, 5.74) is -0.554. The first-order valence-corrected chi connectivity index (χ1v) is 7.63. The van der Waals surface area contributed by atoms with Crippen LogP contribution in [0.15, 0.2) is 0 Å². The highest BCUT2D eigenvalue weighted by Gasteiger charge is 2.38. The van der Waals surface area contributed by atoms with Crippen molar-refractivity contribution in [2.45, 2.75) is 58.6 Å². The molecule has 4 nitrogen and oxygen atoms in total. The molecule has 104 valence electrons. The molecule has 0 aromatic rings. The van der Waals surface area contributed by atoms with E-state index in [9.17, 15) is 9.59 Å². The van der Waals surface area contributed by atoms with Crippen LogP contribution in [0.4, 0.5) is 4.79 Å². The van der Waals surface area contributed by atoms with Crippen LogP contribution in [0, 0.1) is 0 Å². The van der Waals surface area contributed by atoms with Crippen LogP contribution < -0.4 is 0 Å². The largest absolute Gasteiger partial charge is 0.443 e. The van der Waals surface area contributed by atoms with Crippen molar-refractivity contribution in [3.63, 3.8) is 0 Å². The molecule has 1 heterocycles. The molecule has 0 aliphatic carbocycles. The van der Waals surface area contributed by atoms with Gasteiger partial charge in [-0.25, -0.2) is 9.69 Å². The Labute approximate surface area is 113 Å². The van der Waals surface area contributed by atoms with Crippen molar-refractivity contribution < 1.29 is 14.3 Å². The Morgan fingerprint density at radius 2 is 2.17 bits per heavy atom. The van der Waals surface area contributed by atoms with E-state index in [0.717, 1.165) is 24.3 Å². The summed E-state index contributed by atoms with van der Waals surface area (Å²) in [7, 11) is 0. The fourth-order valence-electron chi connectivity index (χ4n) is 1.83. The fourth-order valence-corrected chi connectivity index (χ4v) is 2.87. The second kappa shape index (κ2) is 6.45. The average molecular weight is 273 g/mol. The van der Waals surface area contributed by atoms with Crippen molar-refractivity contribution in [2.24, 2.45) is 0 Å². The van der Waals surface area contributed by atoms with Gasteiger partial charge >= 0.3 is 6.09 Å². The number of thioether (sulfide) groups is 1. The molecule has 1 unspecified atom stereocenters. The fraction of sp³-hybridized carbons (Fsp3) is 0.846. The lowest BCUT2D eigenvalue weighted by atomic mass is 10.2. The third kappa shape index (κ3) is 4.52. The summed E-state index contributed by atoms with van der Waals surface area (Å²) >= 11 is 1.79. The van der Waals surface area contributed by atoms with Crippen molar-refractivity contribution in [3.05, 3.63) is 0 Å². The molecule has 0 saturated carbocycles. The van der Waals surface area contributed by atoms with Gasteiger partial charge in [-0.05, 0) is 39.4 Å². The zero-order valence-electron chi connectivity index (χ0n) is 11.7. The molecule has 5 heteroatoms. The van der Waals surface area contributed by atoms with Crippen molar-refractivity contribution in [1.82, 2.24) is 4.90 Å². The van der Waals surface area contributed by atoms with Crippen molar-refractivity contribution in [2.75, 3.05) is 11.5 Å². The minimum Gasteiger partial charge on any atom is -0.443 e. The molecule has 1 aliphatic heterocycles. The Balaban J connectivity index is 2.58. The normalized spacial score (nSPS) is 20.3. The third-order valence-corrected chi connectivity index (χ3v) is 3.89. The van der Waals surface area contributed by atoms with E-state index in [1.807, 2.05) is 20.8 Å². The second-order valence-electron chi connectivity index (χ2n) is 5.51. The van der Waals surface area contributed by atoms with E-state index in [-0.39, 0.29) is 11.9 Å². The van der Waals surface area contributed by atoms with Crippen LogP contribution in [0.3, 0.4) is 0 Å². The molecular formula is C13H23NO3S. The monoisotopic (exact) mass is 273 g/mol. The summed E-state index contributed by atoms with van der Waals surface area (Å²) in [6.07, 6.45) is 1.83. The van der Waals surface area contributed by atoms with Gasteiger partial charge in [-0.1, -0.05) is 6.92 Å². The Hall–Kier alpha value is -0.710. The maximum absolute atomic E-state index is 12.0. The SMILES string of the molecule is CCCSCC1CCC(=O)N1C(=O)OC(C)(C)C. The third-order valence-electron chi connectivity index (χ3n) is 2.57. The van der Waals surface area contributed by atoms with Gasteiger partial charge in [0.15, 0.2) is 0 Å². The highest BCUT2D eigenvalue weighted by molar-refractivity contribution is 7.99. The van der Waals surface area contributed by atoms with Gasteiger partial charge < -0.3 is 4.74 Å². The molecule has 0 N–H and O–H groups in total. The molecule has 1 atom stereocenters. The van der Waals surface area contributed by atoms with Crippen LogP contribution in [-0.2, 0) is 9.53 Å². The molecular weight excluding hydrogens is 250 g/mol. The van der Waals surface area contributed by atoms with Gasteiger partial charge in [0.2, 0.25) is 5.91 Å². The summed E-state index contributed by atoms with van der Waals surface area (Å²) < 4.78 is 5.29. The lowest BCUT2D eigenvalue weighted by Gasteiger charge is -2.27. The van der Waals surface area contributed by atoms with Gasteiger partial charge in [0.25, 0.3) is 0 Å². The highest BCUT2D eigenvalue weighted by atomic mass is 32.2. The first-order valence-electron chi connectivity index (χ1n) is 6.48. The Bertz CT molecular complexity index is 312. The zero-order chi connectivity index (χ0) is 13.8. The molecule has 1 aliphatic rings. The molecule has 0 spiro atoms. The highest BCUT2D eigenvalue weighted by Crippen LogP contribution is 2.24. The number of hydrogen-bond donors (Lipinski definition) is 0. The van der Waals surface area contributed by atoms with Crippen molar-refractivity contribution >= 4 is 23.8 Å². The lowest BCUT2D eigenvalue weighted by molar-refractivity contribution is -0.127. The molecule has 1 saturated heterocycles. The van der Waals surface area contributed by atoms with Gasteiger partial charge in [-0.3, -0.25) is 4.79 Å². The second-order valence-corrected chi connectivity index (χ2v) is 6.66. The van der Waals surface area contributed by atoms with Gasteiger partial charge in [-0.2, -0.15) is 11.8 Å². The average Bonchev–Trinajstić information content (AvgIpc) is 2.58. The number of imide groups is 1. The smallest absolute Gasteiger partial charge is 0.417 e. The number of rotatable bonds is 4. The van der Waals surface area contributed by atoms with E-state index in [0.29, 0.717) is 6.42 Å². The van der Waals surface area contributed by atoms with E-state index in [1.54, 1.807) is 11.8 Å². The van der Waals surface area contributed by atoms with E-state index in [2.05, 4.69) is 6.92 Å². The number of carbonyl (C=O) groups is 2. The number of hydrogen-bond acceptors (Lipinski definition) is 4. The number of amides is 2. The molecule has 0 aromatic heterocycles. The first kappa shape index (κ1) is 15.3. The van der Waals surface area contributed by atoms with Crippen LogP contribution >= 0.6 is 11.8 Å². The van der Waals surface area contributed by atoms with Crippen LogP contribution in [0.25, 0.3) is 0 Å². The summed E-state index contributed by atoms with van der Waals surface area (Å²) in [6, 6.07) is 0.00361. The molecule has 1 fully saturated rings. The first-order chi connectivity index (χ1) is 8.35. The van der Waals surface area contributed by atoms with Gasteiger partial charge in [0.05, 0.1) is 6.04 Å². The predicted molar refractivity (Wildman–Crippen MR) is 73.7 cm³/mol. The summed E-state index contributed by atoms with van der Waals surface area (Å²) in [5.74, 6) is 1.78. The Morgan fingerprint density at radius 1 is 1.50 bits per heavy atom. The molecule has 0 aromatic carbocycles. The summed E-state index contributed by atoms with van der Waals surface area (Å²) in [4.78, 5) is 25.1. The van der Waals surface area contributed by atoms with E-state index < -0.39 is 11.7 Å². The predicted octanol–water partition coefficient (Wildman–Crippen LogP) is 3.06. The Kier molecular flexibility index (Phi) is 5.50. The van der Waals surface area contributed by atoms with Crippen LogP contribution in [0.1, 0.15) is 47.0 Å². The number of carbonyl (C=O) groups excluding carboxylic acids is 2. The topological polar surface area (TPSA) is 46.6 Å². The molecule has 18 heavy (non-hydrogen) atoms. The molecule has 0 bridgehead atoms. The quantitative estimate of drug-likeness (QED) is 0.739. The Morgan fingerprint density at radius 3 is 2.72 bits per heavy atom. The van der Waals surface area contributed by atoms with Crippen LogP contribution in [-0.4, -0.2) is 40.0 Å². The molecule has 2 amide bonds. The van der Waals surface area contributed by atoms with E-state index in [1.165, 1.54) is 4.90 Å². The zero-order valence-corrected chi connectivity index (χ0v) is 12.5. The maximum atomic E-state index is 12.0. The van der Waals surface area contributed by atoms with Gasteiger partial charge in [0.1, 0.15) is 5.60 Å². The van der Waals surface area contributed by atoms with Gasteiger partial charge in [-0.15, -0.1) is 0 Å².